The van der Waals surface area contributed by atoms with Gasteiger partial charge < -0.3 is 5.73 Å². The number of nitrogens with one attached hydrogen (secondary N) is 1. The highest BCUT2D eigenvalue weighted by atomic mass is 35.5. The number of hydrogen-bond donors (Lipinski definition) is 2. The van der Waals surface area contributed by atoms with E-state index in [2.05, 4.69) is 4.72 Å². The Hall–Kier alpha value is -0.780. The Bertz CT molecular complexity index is 515. The highest BCUT2D eigenvalue weighted by molar-refractivity contribution is 7.89. The van der Waals surface area contributed by atoms with Gasteiger partial charge in [0.05, 0.1) is 5.69 Å². The Kier molecular flexibility index (Phi) is 5.01. The van der Waals surface area contributed by atoms with Crippen LogP contribution in [0.2, 0.25) is 5.02 Å². The number of benzene rings is 1. The number of sulfonamides is 1. The molecular formula is C12H19ClN2O2S. The molecule has 0 aromatic heterocycles. The molecule has 1 rings (SSSR count). The van der Waals surface area contributed by atoms with E-state index < -0.39 is 10.0 Å². The highest BCUT2D eigenvalue weighted by Crippen LogP contribution is 2.22. The Morgan fingerprint density at radius 2 is 1.94 bits per heavy atom. The third kappa shape index (κ3) is 3.86. The molecular weight excluding hydrogens is 272 g/mol. The van der Waals surface area contributed by atoms with E-state index in [4.69, 9.17) is 17.3 Å². The van der Waals surface area contributed by atoms with E-state index in [1.54, 1.807) is 6.07 Å². The third-order valence-corrected chi connectivity index (χ3v) is 4.71. The molecule has 0 bridgehead atoms. The standard InChI is InChI=1S/C12H19ClN2O2S/c1-8(2)9(3)7-15-18(16,17)12-6-10(13)4-5-11(12)14/h4-6,8-9,15H,7,14H2,1-3H3. The van der Waals surface area contributed by atoms with Crippen LogP contribution in [0.25, 0.3) is 0 Å². The molecule has 0 amide bonds. The average Bonchev–Trinajstić information content (AvgIpc) is 2.29. The largest absolute Gasteiger partial charge is 0.398 e. The molecule has 4 nitrogen and oxygen atoms in total. The van der Waals surface area contributed by atoms with E-state index in [-0.39, 0.29) is 16.5 Å². The predicted octanol–water partition coefficient (Wildman–Crippen LogP) is 2.49. The lowest BCUT2D eigenvalue weighted by molar-refractivity contribution is 0.414. The zero-order chi connectivity index (χ0) is 13.9. The minimum absolute atomic E-state index is 0.0333. The first-order chi connectivity index (χ1) is 8.24. The van der Waals surface area contributed by atoms with Crippen LogP contribution in [0.5, 0.6) is 0 Å². The van der Waals surface area contributed by atoms with Crippen LogP contribution in [0.3, 0.4) is 0 Å². The Labute approximate surface area is 114 Å². The van der Waals surface area contributed by atoms with Crippen molar-refractivity contribution in [3.8, 4) is 0 Å². The van der Waals surface area contributed by atoms with Gasteiger partial charge in [-0.1, -0.05) is 32.4 Å². The minimum atomic E-state index is -3.60. The molecule has 0 aliphatic heterocycles. The lowest BCUT2D eigenvalue weighted by Crippen LogP contribution is -2.30. The maximum Gasteiger partial charge on any atom is 0.242 e. The number of nitrogen functional groups attached to an aromatic ring is 1. The van der Waals surface area contributed by atoms with E-state index in [1.165, 1.54) is 12.1 Å². The van der Waals surface area contributed by atoms with Crippen molar-refractivity contribution in [2.45, 2.75) is 25.7 Å². The minimum Gasteiger partial charge on any atom is -0.398 e. The number of rotatable bonds is 5. The summed E-state index contributed by atoms with van der Waals surface area (Å²) in [7, 11) is -3.60. The van der Waals surface area contributed by atoms with Gasteiger partial charge in [0.25, 0.3) is 0 Å². The molecule has 0 fully saturated rings. The van der Waals surface area contributed by atoms with Crippen molar-refractivity contribution in [1.82, 2.24) is 4.72 Å². The van der Waals surface area contributed by atoms with Gasteiger partial charge >= 0.3 is 0 Å². The van der Waals surface area contributed by atoms with Gasteiger partial charge in [0.15, 0.2) is 0 Å². The summed E-state index contributed by atoms with van der Waals surface area (Å²) in [6, 6.07) is 4.41. The van der Waals surface area contributed by atoms with Crippen LogP contribution in [0, 0.1) is 11.8 Å². The zero-order valence-electron chi connectivity index (χ0n) is 10.8. The van der Waals surface area contributed by atoms with Crippen molar-refractivity contribution in [2.24, 2.45) is 11.8 Å². The first-order valence-electron chi connectivity index (χ1n) is 5.78. The summed E-state index contributed by atoms with van der Waals surface area (Å²) in [6.45, 7) is 6.47. The predicted molar refractivity (Wildman–Crippen MR) is 75.1 cm³/mol. The molecule has 102 valence electrons. The monoisotopic (exact) mass is 290 g/mol. The lowest BCUT2D eigenvalue weighted by Gasteiger charge is -2.16. The second-order valence-electron chi connectivity index (χ2n) is 4.76. The van der Waals surface area contributed by atoms with Gasteiger partial charge in [-0.05, 0) is 30.0 Å². The van der Waals surface area contributed by atoms with Gasteiger partial charge in [0.1, 0.15) is 4.90 Å². The fourth-order valence-corrected chi connectivity index (χ4v) is 2.83. The molecule has 0 saturated heterocycles. The van der Waals surface area contributed by atoms with Crippen molar-refractivity contribution in [3.05, 3.63) is 23.2 Å². The summed E-state index contributed by atoms with van der Waals surface area (Å²) in [5.41, 5.74) is 5.86. The Morgan fingerprint density at radius 1 is 1.33 bits per heavy atom. The highest BCUT2D eigenvalue weighted by Gasteiger charge is 2.19. The van der Waals surface area contributed by atoms with E-state index in [0.29, 0.717) is 17.5 Å². The molecule has 1 unspecified atom stereocenters. The molecule has 6 heteroatoms. The molecule has 1 aromatic carbocycles. The van der Waals surface area contributed by atoms with Gasteiger partial charge in [0.2, 0.25) is 10.0 Å². The van der Waals surface area contributed by atoms with Gasteiger partial charge in [-0.3, -0.25) is 0 Å². The summed E-state index contributed by atoms with van der Waals surface area (Å²) < 4.78 is 26.7. The zero-order valence-corrected chi connectivity index (χ0v) is 12.3. The fraction of sp³-hybridized carbons (Fsp3) is 0.500. The SMILES string of the molecule is CC(C)C(C)CNS(=O)(=O)c1cc(Cl)ccc1N. The van der Waals surface area contributed by atoms with Crippen LogP contribution < -0.4 is 10.5 Å². The Morgan fingerprint density at radius 3 is 2.50 bits per heavy atom. The van der Waals surface area contributed by atoms with Crippen LogP contribution in [0.15, 0.2) is 23.1 Å². The normalized spacial score (nSPS) is 13.8. The summed E-state index contributed by atoms with van der Waals surface area (Å²) >= 11 is 5.79. The van der Waals surface area contributed by atoms with E-state index in [9.17, 15) is 8.42 Å². The fourth-order valence-electron chi connectivity index (χ4n) is 1.30. The molecule has 0 spiro atoms. The second kappa shape index (κ2) is 5.91. The molecule has 3 N–H and O–H groups in total. The van der Waals surface area contributed by atoms with Crippen LogP contribution in [-0.2, 0) is 10.0 Å². The number of anilines is 1. The molecule has 0 aliphatic carbocycles. The third-order valence-electron chi connectivity index (χ3n) is 3.00. The number of hydrogen-bond acceptors (Lipinski definition) is 3. The van der Waals surface area contributed by atoms with Crippen molar-refractivity contribution in [3.63, 3.8) is 0 Å². The van der Waals surface area contributed by atoms with Gasteiger partial charge in [-0.15, -0.1) is 0 Å². The van der Waals surface area contributed by atoms with Crippen molar-refractivity contribution in [1.29, 1.82) is 0 Å². The Balaban J connectivity index is 2.90. The van der Waals surface area contributed by atoms with Gasteiger partial charge in [-0.2, -0.15) is 0 Å². The molecule has 1 atom stereocenters. The maximum absolute atomic E-state index is 12.1. The van der Waals surface area contributed by atoms with Gasteiger partial charge in [0, 0.05) is 11.6 Å². The van der Waals surface area contributed by atoms with E-state index in [0.717, 1.165) is 0 Å². The number of nitrogens with two attached hydrogens (primary N) is 1. The summed E-state index contributed by atoms with van der Waals surface area (Å²) in [4.78, 5) is 0.0333. The van der Waals surface area contributed by atoms with Gasteiger partial charge in [-0.25, -0.2) is 13.1 Å². The molecule has 0 saturated carbocycles. The first kappa shape index (κ1) is 15.3. The van der Waals surface area contributed by atoms with E-state index in [1.807, 2.05) is 20.8 Å². The van der Waals surface area contributed by atoms with E-state index >= 15 is 0 Å². The summed E-state index contributed by atoms with van der Waals surface area (Å²) in [6.07, 6.45) is 0. The van der Waals surface area contributed by atoms with Crippen LogP contribution in [-0.4, -0.2) is 15.0 Å². The van der Waals surface area contributed by atoms with Crippen LogP contribution in [0.1, 0.15) is 20.8 Å². The molecule has 0 heterocycles. The smallest absolute Gasteiger partial charge is 0.242 e. The molecule has 18 heavy (non-hydrogen) atoms. The van der Waals surface area contributed by atoms with Crippen molar-refractivity contribution >= 4 is 27.3 Å². The van der Waals surface area contributed by atoms with Crippen LogP contribution in [0.4, 0.5) is 5.69 Å². The van der Waals surface area contributed by atoms with Crippen molar-refractivity contribution in [2.75, 3.05) is 12.3 Å². The van der Waals surface area contributed by atoms with Crippen molar-refractivity contribution < 1.29 is 8.42 Å². The topological polar surface area (TPSA) is 72.2 Å². The molecule has 0 radical (unpaired) electrons. The quantitative estimate of drug-likeness (QED) is 0.818. The molecule has 0 aliphatic rings. The van der Waals surface area contributed by atoms with Crippen LogP contribution >= 0.6 is 11.6 Å². The summed E-state index contributed by atoms with van der Waals surface area (Å²) in [5.74, 6) is 0.657. The number of halogens is 1. The average molecular weight is 291 g/mol. The maximum atomic E-state index is 12.1. The first-order valence-corrected chi connectivity index (χ1v) is 7.65. The summed E-state index contributed by atoms with van der Waals surface area (Å²) in [5, 5.41) is 0.349. The second-order valence-corrected chi connectivity index (χ2v) is 6.93. The lowest BCUT2D eigenvalue weighted by atomic mass is 9.99. The molecule has 1 aromatic rings.